The maximum absolute atomic E-state index is 12.8. The van der Waals surface area contributed by atoms with Crippen LogP contribution in [0.3, 0.4) is 0 Å². The van der Waals surface area contributed by atoms with Crippen molar-refractivity contribution in [3.63, 3.8) is 0 Å². The number of aliphatic hydroxyl groups excluding tert-OH is 4. The number of rotatable bonds is 39. The minimum atomic E-state index is -1.59. The summed E-state index contributed by atoms with van der Waals surface area (Å²) in [7, 11) is 0. The van der Waals surface area contributed by atoms with Crippen molar-refractivity contribution >= 4 is 11.9 Å². The fourth-order valence-corrected chi connectivity index (χ4v) is 7.17. The molecule has 0 radical (unpaired) electrons. The number of aliphatic hydroxyl groups is 4. The maximum Gasteiger partial charge on any atom is 0.306 e. The van der Waals surface area contributed by atoms with E-state index in [0.717, 1.165) is 38.5 Å². The van der Waals surface area contributed by atoms with Crippen molar-refractivity contribution < 1.29 is 49.0 Å². The van der Waals surface area contributed by atoms with Gasteiger partial charge in [-0.15, -0.1) is 0 Å². The van der Waals surface area contributed by atoms with Gasteiger partial charge in [0.15, 0.2) is 12.4 Å². The van der Waals surface area contributed by atoms with E-state index in [2.05, 4.69) is 26.0 Å². The van der Waals surface area contributed by atoms with Crippen molar-refractivity contribution in [3.05, 3.63) is 12.2 Å². The SMILES string of the molecule is CCCC/C=C/CCCCCCCCCCCC(=O)OC[C@H](CO[C@@H]1O[C@H](CO)[C@H](O)C(O)C1O)OC(=O)CCCCCCCCCCCCCCCCCC. The molecule has 1 aliphatic rings. The zero-order valence-corrected chi connectivity index (χ0v) is 35.9. The Kier molecular flexibility index (Phi) is 35.3. The maximum atomic E-state index is 12.8. The summed E-state index contributed by atoms with van der Waals surface area (Å²) in [5, 5.41) is 40.1. The molecule has 10 nitrogen and oxygen atoms in total. The van der Waals surface area contributed by atoms with Crippen LogP contribution in [0.2, 0.25) is 0 Å². The normalized spacial score (nSPS) is 20.4. The van der Waals surface area contributed by atoms with Crippen molar-refractivity contribution in [3.8, 4) is 0 Å². The van der Waals surface area contributed by atoms with Crippen LogP contribution in [-0.2, 0) is 28.5 Å². The number of hydrogen-bond acceptors (Lipinski definition) is 10. The van der Waals surface area contributed by atoms with Crippen molar-refractivity contribution in [2.75, 3.05) is 19.8 Å². The minimum absolute atomic E-state index is 0.213. The molecule has 4 N–H and O–H groups in total. The van der Waals surface area contributed by atoms with Crippen LogP contribution in [0.25, 0.3) is 0 Å². The minimum Gasteiger partial charge on any atom is -0.462 e. The lowest BCUT2D eigenvalue weighted by atomic mass is 9.99. The van der Waals surface area contributed by atoms with Crippen LogP contribution in [0.5, 0.6) is 0 Å². The van der Waals surface area contributed by atoms with E-state index in [9.17, 15) is 30.0 Å². The van der Waals surface area contributed by atoms with Gasteiger partial charge < -0.3 is 39.4 Å². The summed E-state index contributed by atoms with van der Waals surface area (Å²) in [6.45, 7) is 3.42. The Balaban J connectivity index is 2.30. The molecule has 0 aliphatic carbocycles. The lowest BCUT2D eigenvalue weighted by molar-refractivity contribution is -0.305. The van der Waals surface area contributed by atoms with E-state index >= 15 is 0 Å². The highest BCUT2D eigenvalue weighted by Crippen LogP contribution is 2.23. The first kappa shape index (κ1) is 52.5. The summed E-state index contributed by atoms with van der Waals surface area (Å²) < 4.78 is 22.2. The van der Waals surface area contributed by atoms with Crippen LogP contribution in [0.4, 0.5) is 0 Å². The summed E-state index contributed by atoms with van der Waals surface area (Å²) in [4.78, 5) is 25.3. The first-order valence-electron chi connectivity index (χ1n) is 23.3. The number of carbonyl (C=O) groups is 2. The second kappa shape index (κ2) is 37.7. The molecule has 0 aromatic carbocycles. The number of carbonyl (C=O) groups excluding carboxylic acids is 2. The largest absolute Gasteiger partial charge is 0.462 e. The molecule has 2 unspecified atom stereocenters. The van der Waals surface area contributed by atoms with E-state index in [1.54, 1.807) is 0 Å². The molecule has 0 amide bonds. The molecule has 1 saturated heterocycles. The summed E-state index contributed by atoms with van der Waals surface area (Å²) in [5.74, 6) is -0.798. The average molecular weight is 799 g/mol. The smallest absolute Gasteiger partial charge is 0.306 e. The number of hydrogen-bond donors (Lipinski definition) is 4. The van der Waals surface area contributed by atoms with E-state index in [1.165, 1.54) is 141 Å². The average Bonchev–Trinajstić information content (AvgIpc) is 3.19. The Morgan fingerprint density at radius 2 is 0.964 bits per heavy atom. The Hall–Kier alpha value is -1.56. The molecule has 1 heterocycles. The third-order valence-electron chi connectivity index (χ3n) is 10.9. The van der Waals surface area contributed by atoms with E-state index in [1.807, 2.05) is 0 Å². The summed E-state index contributed by atoms with van der Waals surface area (Å²) >= 11 is 0. The standard InChI is InChI=1S/C46H86O10/c1-3-5-7-9-11-13-15-17-19-21-23-25-27-29-31-33-35-42(49)55-39(38-54-46-45(52)44(51)43(50)40(36-47)56-46)37-53-41(48)34-32-30-28-26-24-22-20-18-16-14-12-10-8-6-4-2/h10,12,39-40,43-47,50-52H,3-9,11,13-38H2,1-2H3/b12-10+/t39-,40-,43+,44?,45?,46-/m1/s1. The Labute approximate surface area is 341 Å². The number of unbranched alkanes of at least 4 members (excludes halogenated alkanes) is 26. The van der Waals surface area contributed by atoms with E-state index in [0.29, 0.717) is 6.42 Å². The molecular weight excluding hydrogens is 712 g/mol. The number of ether oxygens (including phenoxy) is 4. The zero-order chi connectivity index (χ0) is 40.9. The highest BCUT2D eigenvalue weighted by atomic mass is 16.7. The van der Waals surface area contributed by atoms with Gasteiger partial charge in [-0.3, -0.25) is 9.59 Å². The first-order valence-corrected chi connectivity index (χ1v) is 23.3. The molecule has 56 heavy (non-hydrogen) atoms. The molecule has 0 aromatic rings. The molecule has 1 rings (SSSR count). The molecule has 0 spiro atoms. The topological polar surface area (TPSA) is 152 Å². The predicted molar refractivity (Wildman–Crippen MR) is 224 cm³/mol. The van der Waals surface area contributed by atoms with Gasteiger partial charge in [-0.2, -0.15) is 0 Å². The second-order valence-electron chi connectivity index (χ2n) is 16.2. The van der Waals surface area contributed by atoms with Gasteiger partial charge in [0.25, 0.3) is 0 Å². The van der Waals surface area contributed by atoms with E-state index < -0.39 is 49.4 Å². The van der Waals surface area contributed by atoms with Gasteiger partial charge in [0.1, 0.15) is 31.0 Å². The van der Waals surface area contributed by atoms with Gasteiger partial charge in [0.2, 0.25) is 0 Å². The van der Waals surface area contributed by atoms with Gasteiger partial charge in [-0.25, -0.2) is 0 Å². The second-order valence-corrected chi connectivity index (χ2v) is 16.2. The van der Waals surface area contributed by atoms with Crippen LogP contribution >= 0.6 is 0 Å². The number of esters is 2. The molecule has 0 aromatic heterocycles. The summed E-state index contributed by atoms with van der Waals surface area (Å²) in [6.07, 6.45) is 32.1. The van der Waals surface area contributed by atoms with Gasteiger partial charge in [0.05, 0.1) is 13.2 Å². The van der Waals surface area contributed by atoms with Gasteiger partial charge in [-0.05, 0) is 32.1 Å². The zero-order valence-electron chi connectivity index (χ0n) is 35.9. The van der Waals surface area contributed by atoms with Crippen LogP contribution in [0.1, 0.15) is 213 Å². The molecule has 330 valence electrons. The molecule has 1 aliphatic heterocycles. The highest BCUT2D eigenvalue weighted by molar-refractivity contribution is 5.70. The fraction of sp³-hybridized carbons (Fsp3) is 0.913. The molecular formula is C46H86O10. The molecule has 0 saturated carbocycles. The van der Waals surface area contributed by atoms with Crippen molar-refractivity contribution in [2.24, 2.45) is 0 Å². The van der Waals surface area contributed by atoms with Gasteiger partial charge in [-0.1, -0.05) is 180 Å². The third-order valence-corrected chi connectivity index (χ3v) is 10.9. The molecule has 10 heteroatoms. The predicted octanol–water partition coefficient (Wildman–Crippen LogP) is 9.95. The van der Waals surface area contributed by atoms with Gasteiger partial charge in [0, 0.05) is 12.8 Å². The van der Waals surface area contributed by atoms with Crippen LogP contribution in [0.15, 0.2) is 12.2 Å². The van der Waals surface area contributed by atoms with Crippen LogP contribution < -0.4 is 0 Å². The molecule has 6 atom stereocenters. The lowest BCUT2D eigenvalue weighted by Gasteiger charge is -2.39. The molecule has 0 bridgehead atoms. The van der Waals surface area contributed by atoms with Crippen LogP contribution in [-0.4, -0.2) is 89.0 Å². The summed E-state index contributed by atoms with van der Waals surface area (Å²) in [5.41, 5.74) is 0. The number of allylic oxidation sites excluding steroid dienone is 2. The van der Waals surface area contributed by atoms with Gasteiger partial charge >= 0.3 is 11.9 Å². The van der Waals surface area contributed by atoms with Crippen molar-refractivity contribution in [1.29, 1.82) is 0 Å². The monoisotopic (exact) mass is 799 g/mol. The van der Waals surface area contributed by atoms with E-state index in [-0.39, 0.29) is 32.0 Å². The van der Waals surface area contributed by atoms with E-state index in [4.69, 9.17) is 18.9 Å². The van der Waals surface area contributed by atoms with Crippen molar-refractivity contribution in [2.45, 2.75) is 250 Å². The Morgan fingerprint density at radius 1 is 0.536 bits per heavy atom. The first-order chi connectivity index (χ1) is 27.3. The fourth-order valence-electron chi connectivity index (χ4n) is 7.17. The van der Waals surface area contributed by atoms with Crippen LogP contribution in [0, 0.1) is 0 Å². The third kappa shape index (κ3) is 28.8. The molecule has 1 fully saturated rings. The Bertz CT molecular complexity index is 928. The quantitative estimate of drug-likeness (QED) is 0.0269. The Morgan fingerprint density at radius 3 is 1.45 bits per heavy atom. The highest BCUT2D eigenvalue weighted by Gasteiger charge is 2.44. The lowest BCUT2D eigenvalue weighted by Crippen LogP contribution is -2.59. The van der Waals surface area contributed by atoms with Crippen molar-refractivity contribution in [1.82, 2.24) is 0 Å². The summed E-state index contributed by atoms with van der Waals surface area (Å²) in [6, 6.07) is 0.